The summed E-state index contributed by atoms with van der Waals surface area (Å²) in [6, 6.07) is -0.435. The highest BCUT2D eigenvalue weighted by Gasteiger charge is 2.48. The Kier molecular flexibility index (Phi) is 3.84. The van der Waals surface area contributed by atoms with Crippen LogP contribution in [0.4, 0.5) is 4.79 Å². The lowest BCUT2D eigenvalue weighted by Gasteiger charge is -2.37. The lowest BCUT2D eigenvalue weighted by Crippen LogP contribution is -2.56. The first kappa shape index (κ1) is 14.3. The van der Waals surface area contributed by atoms with Crippen LogP contribution in [-0.2, 0) is 14.3 Å². The highest BCUT2D eigenvalue weighted by atomic mass is 16.5. The third-order valence-corrected chi connectivity index (χ3v) is 4.66. The van der Waals surface area contributed by atoms with Crippen LogP contribution in [0.1, 0.15) is 38.5 Å². The SMILES string of the molecule is O=C1NC(=O)C2(CCN(C(=O)CC3CCCCO3)CC2)N1. The molecule has 0 aromatic rings. The van der Waals surface area contributed by atoms with Gasteiger partial charge in [-0.1, -0.05) is 0 Å². The Labute approximate surface area is 123 Å². The van der Waals surface area contributed by atoms with Crippen molar-refractivity contribution < 1.29 is 19.1 Å². The largest absolute Gasteiger partial charge is 0.378 e. The second-order valence-electron chi connectivity index (χ2n) is 6.06. The maximum Gasteiger partial charge on any atom is 0.322 e. The van der Waals surface area contributed by atoms with Gasteiger partial charge in [0.15, 0.2) is 0 Å². The molecule has 3 heterocycles. The molecule has 1 spiro atoms. The second kappa shape index (κ2) is 5.63. The normalized spacial score (nSPS) is 28.4. The summed E-state index contributed by atoms with van der Waals surface area (Å²) in [7, 11) is 0. The fourth-order valence-corrected chi connectivity index (χ4v) is 3.31. The summed E-state index contributed by atoms with van der Waals surface area (Å²) in [6.45, 7) is 1.74. The molecule has 1 unspecified atom stereocenters. The molecule has 7 nitrogen and oxygen atoms in total. The molecule has 3 aliphatic heterocycles. The molecule has 3 fully saturated rings. The molecule has 0 aromatic heterocycles. The summed E-state index contributed by atoms with van der Waals surface area (Å²) in [5, 5.41) is 4.97. The zero-order chi connectivity index (χ0) is 14.9. The van der Waals surface area contributed by atoms with E-state index >= 15 is 0 Å². The molecule has 0 bridgehead atoms. The smallest absolute Gasteiger partial charge is 0.322 e. The summed E-state index contributed by atoms with van der Waals surface area (Å²) in [6.07, 6.45) is 4.55. The lowest BCUT2D eigenvalue weighted by atomic mass is 9.87. The summed E-state index contributed by atoms with van der Waals surface area (Å²) in [4.78, 5) is 37.2. The van der Waals surface area contributed by atoms with Gasteiger partial charge in [0.1, 0.15) is 5.54 Å². The number of hydrogen-bond acceptors (Lipinski definition) is 4. The Bertz CT molecular complexity index is 451. The fourth-order valence-electron chi connectivity index (χ4n) is 3.31. The van der Waals surface area contributed by atoms with Gasteiger partial charge < -0.3 is 15.0 Å². The van der Waals surface area contributed by atoms with Gasteiger partial charge in [0.05, 0.1) is 12.5 Å². The van der Waals surface area contributed by atoms with E-state index in [0.717, 1.165) is 25.9 Å². The molecular weight excluding hydrogens is 274 g/mol. The zero-order valence-electron chi connectivity index (χ0n) is 12.0. The molecular formula is C14H21N3O4. The van der Waals surface area contributed by atoms with E-state index in [1.807, 2.05) is 0 Å². The number of carbonyl (C=O) groups excluding carboxylic acids is 3. The maximum absolute atomic E-state index is 12.3. The molecule has 3 aliphatic rings. The topological polar surface area (TPSA) is 87.7 Å². The van der Waals surface area contributed by atoms with Crippen LogP contribution in [0.15, 0.2) is 0 Å². The molecule has 1 atom stereocenters. The number of ether oxygens (including phenoxy) is 1. The minimum atomic E-state index is -0.810. The predicted molar refractivity (Wildman–Crippen MR) is 73.4 cm³/mol. The monoisotopic (exact) mass is 295 g/mol. The van der Waals surface area contributed by atoms with Crippen molar-refractivity contribution in [3.8, 4) is 0 Å². The van der Waals surface area contributed by atoms with E-state index in [1.165, 1.54) is 0 Å². The summed E-state index contributed by atoms with van der Waals surface area (Å²) in [5.41, 5.74) is -0.810. The van der Waals surface area contributed by atoms with Crippen molar-refractivity contribution in [2.45, 2.75) is 50.2 Å². The van der Waals surface area contributed by atoms with Gasteiger partial charge in [0.2, 0.25) is 5.91 Å². The first-order valence-corrected chi connectivity index (χ1v) is 7.62. The fraction of sp³-hybridized carbons (Fsp3) is 0.786. The predicted octanol–water partition coefficient (Wildman–Crippen LogP) is 0.146. The van der Waals surface area contributed by atoms with Crippen LogP contribution in [0.3, 0.4) is 0 Å². The molecule has 0 saturated carbocycles. The van der Waals surface area contributed by atoms with Gasteiger partial charge in [-0.05, 0) is 32.1 Å². The van der Waals surface area contributed by atoms with Crippen LogP contribution < -0.4 is 10.6 Å². The Balaban J connectivity index is 1.52. The summed E-state index contributed by atoms with van der Waals surface area (Å²) >= 11 is 0. The molecule has 2 N–H and O–H groups in total. The van der Waals surface area contributed by atoms with Gasteiger partial charge in [0.25, 0.3) is 5.91 Å². The molecule has 7 heteroatoms. The van der Waals surface area contributed by atoms with Crippen LogP contribution in [0.2, 0.25) is 0 Å². The number of hydrogen-bond donors (Lipinski definition) is 2. The minimum Gasteiger partial charge on any atom is -0.378 e. The van der Waals surface area contributed by atoms with E-state index in [2.05, 4.69) is 10.6 Å². The van der Waals surface area contributed by atoms with Crippen molar-refractivity contribution in [3.05, 3.63) is 0 Å². The third-order valence-electron chi connectivity index (χ3n) is 4.66. The van der Waals surface area contributed by atoms with Crippen molar-refractivity contribution in [2.24, 2.45) is 0 Å². The van der Waals surface area contributed by atoms with Gasteiger partial charge in [-0.15, -0.1) is 0 Å². The van der Waals surface area contributed by atoms with Crippen molar-refractivity contribution in [2.75, 3.05) is 19.7 Å². The average Bonchev–Trinajstić information content (AvgIpc) is 2.74. The molecule has 0 aliphatic carbocycles. The molecule has 21 heavy (non-hydrogen) atoms. The Morgan fingerprint density at radius 1 is 1.29 bits per heavy atom. The third kappa shape index (κ3) is 2.88. The minimum absolute atomic E-state index is 0.0385. The number of nitrogens with zero attached hydrogens (tertiary/aromatic N) is 1. The molecule has 0 aromatic carbocycles. The van der Waals surface area contributed by atoms with Gasteiger partial charge in [-0.2, -0.15) is 0 Å². The number of piperidine rings is 1. The standard InChI is InChI=1S/C14H21N3O4/c18-11(9-10-3-1-2-8-21-10)17-6-4-14(5-7-17)12(19)15-13(20)16-14/h10H,1-9H2,(H2,15,16,19,20). The van der Waals surface area contributed by atoms with E-state index in [9.17, 15) is 14.4 Å². The second-order valence-corrected chi connectivity index (χ2v) is 6.06. The Morgan fingerprint density at radius 2 is 2.05 bits per heavy atom. The molecule has 0 radical (unpaired) electrons. The number of carbonyl (C=O) groups is 3. The van der Waals surface area contributed by atoms with Crippen LogP contribution in [0.25, 0.3) is 0 Å². The number of urea groups is 1. The van der Waals surface area contributed by atoms with Gasteiger partial charge in [0, 0.05) is 19.7 Å². The number of rotatable bonds is 2. The Morgan fingerprint density at radius 3 is 2.62 bits per heavy atom. The molecule has 4 amide bonds. The number of nitrogens with one attached hydrogen (secondary N) is 2. The summed E-state index contributed by atoms with van der Waals surface area (Å²) < 4.78 is 5.60. The van der Waals surface area contributed by atoms with E-state index in [0.29, 0.717) is 32.4 Å². The van der Waals surface area contributed by atoms with Crippen molar-refractivity contribution in [1.29, 1.82) is 0 Å². The van der Waals surface area contributed by atoms with E-state index in [-0.39, 0.29) is 17.9 Å². The molecule has 3 rings (SSSR count). The van der Waals surface area contributed by atoms with Crippen LogP contribution in [0, 0.1) is 0 Å². The highest BCUT2D eigenvalue weighted by molar-refractivity contribution is 6.07. The van der Waals surface area contributed by atoms with E-state index in [1.54, 1.807) is 4.90 Å². The van der Waals surface area contributed by atoms with Gasteiger partial charge in [-0.3, -0.25) is 14.9 Å². The zero-order valence-corrected chi connectivity index (χ0v) is 12.0. The number of amides is 4. The van der Waals surface area contributed by atoms with Gasteiger partial charge in [-0.25, -0.2) is 4.79 Å². The maximum atomic E-state index is 12.3. The average molecular weight is 295 g/mol. The van der Waals surface area contributed by atoms with Crippen molar-refractivity contribution in [3.63, 3.8) is 0 Å². The van der Waals surface area contributed by atoms with E-state index < -0.39 is 11.6 Å². The highest BCUT2D eigenvalue weighted by Crippen LogP contribution is 2.26. The van der Waals surface area contributed by atoms with Crippen LogP contribution >= 0.6 is 0 Å². The van der Waals surface area contributed by atoms with Gasteiger partial charge >= 0.3 is 6.03 Å². The molecule has 116 valence electrons. The van der Waals surface area contributed by atoms with E-state index in [4.69, 9.17) is 4.74 Å². The number of imide groups is 1. The van der Waals surface area contributed by atoms with Crippen LogP contribution in [-0.4, -0.2) is 54.1 Å². The quantitative estimate of drug-likeness (QED) is 0.710. The van der Waals surface area contributed by atoms with Crippen molar-refractivity contribution in [1.82, 2.24) is 15.5 Å². The first-order chi connectivity index (χ1) is 10.1. The van der Waals surface area contributed by atoms with Crippen LogP contribution in [0.5, 0.6) is 0 Å². The first-order valence-electron chi connectivity index (χ1n) is 7.62. The summed E-state index contributed by atoms with van der Waals surface area (Å²) in [5.74, 6) is -0.184. The Hall–Kier alpha value is -1.63. The lowest BCUT2D eigenvalue weighted by molar-refractivity contribution is -0.139. The van der Waals surface area contributed by atoms with Crippen molar-refractivity contribution >= 4 is 17.8 Å². The molecule has 3 saturated heterocycles. The number of likely N-dealkylation sites (tertiary alicyclic amines) is 1.